The third-order valence-corrected chi connectivity index (χ3v) is 3.04. The van der Waals surface area contributed by atoms with Crippen LogP contribution < -0.4 is 5.32 Å². The second-order valence-electron chi connectivity index (χ2n) is 4.02. The summed E-state index contributed by atoms with van der Waals surface area (Å²) >= 11 is 3.32. The first-order valence-corrected chi connectivity index (χ1v) is 6.74. The molecule has 0 heterocycles. The SMILES string of the molecule is C=CCN(CCNC(=O)c1cccc(Br)c1)C(C)=O. The second kappa shape index (κ2) is 7.74. The Bertz CT molecular complexity index is 474. The average Bonchev–Trinajstić information content (AvgIpc) is 2.37. The number of benzene rings is 1. The minimum atomic E-state index is -0.150. The van der Waals surface area contributed by atoms with E-state index in [1.54, 1.807) is 29.2 Å². The summed E-state index contributed by atoms with van der Waals surface area (Å²) in [5, 5.41) is 2.78. The van der Waals surface area contributed by atoms with Gasteiger partial charge in [-0.3, -0.25) is 9.59 Å². The van der Waals surface area contributed by atoms with Crippen molar-refractivity contribution in [1.82, 2.24) is 10.2 Å². The van der Waals surface area contributed by atoms with Crippen molar-refractivity contribution >= 4 is 27.7 Å². The van der Waals surface area contributed by atoms with Crippen LogP contribution >= 0.6 is 15.9 Å². The Labute approximate surface area is 121 Å². The van der Waals surface area contributed by atoms with Crippen molar-refractivity contribution in [2.45, 2.75) is 6.92 Å². The lowest BCUT2D eigenvalue weighted by Crippen LogP contribution is -2.37. The van der Waals surface area contributed by atoms with Gasteiger partial charge in [0.15, 0.2) is 0 Å². The van der Waals surface area contributed by atoms with Gasteiger partial charge in [-0.05, 0) is 18.2 Å². The molecule has 0 saturated carbocycles. The maximum atomic E-state index is 11.9. The molecule has 1 aromatic rings. The molecular weight excluding hydrogens is 308 g/mol. The van der Waals surface area contributed by atoms with E-state index in [0.29, 0.717) is 25.2 Å². The number of amides is 2. The molecular formula is C14H17BrN2O2. The highest BCUT2D eigenvalue weighted by molar-refractivity contribution is 9.10. The van der Waals surface area contributed by atoms with Gasteiger partial charge in [-0.15, -0.1) is 6.58 Å². The lowest BCUT2D eigenvalue weighted by atomic mass is 10.2. The number of hydrogen-bond acceptors (Lipinski definition) is 2. The van der Waals surface area contributed by atoms with Crippen molar-refractivity contribution in [3.8, 4) is 0 Å². The number of nitrogens with one attached hydrogen (secondary N) is 1. The maximum Gasteiger partial charge on any atom is 0.251 e. The fourth-order valence-electron chi connectivity index (χ4n) is 1.57. The molecule has 0 aromatic heterocycles. The molecule has 1 rings (SSSR count). The lowest BCUT2D eigenvalue weighted by molar-refractivity contribution is -0.128. The summed E-state index contributed by atoms with van der Waals surface area (Å²) in [7, 11) is 0. The molecule has 0 bridgehead atoms. The van der Waals surface area contributed by atoms with E-state index in [-0.39, 0.29) is 11.8 Å². The van der Waals surface area contributed by atoms with Crippen LogP contribution in [0.4, 0.5) is 0 Å². The van der Waals surface area contributed by atoms with E-state index in [1.807, 2.05) is 6.07 Å². The minimum absolute atomic E-state index is 0.0309. The summed E-state index contributed by atoms with van der Waals surface area (Å²) in [6.45, 7) is 6.47. The molecule has 1 aromatic carbocycles. The van der Waals surface area contributed by atoms with Crippen LogP contribution in [0.3, 0.4) is 0 Å². The van der Waals surface area contributed by atoms with Gasteiger partial charge in [0.2, 0.25) is 5.91 Å². The minimum Gasteiger partial charge on any atom is -0.350 e. The fourth-order valence-corrected chi connectivity index (χ4v) is 1.97. The van der Waals surface area contributed by atoms with Crippen LogP contribution in [0.5, 0.6) is 0 Å². The van der Waals surface area contributed by atoms with Gasteiger partial charge in [-0.25, -0.2) is 0 Å². The van der Waals surface area contributed by atoms with Crippen molar-refractivity contribution < 1.29 is 9.59 Å². The van der Waals surface area contributed by atoms with Crippen LogP contribution in [0.15, 0.2) is 41.4 Å². The van der Waals surface area contributed by atoms with Gasteiger partial charge in [-0.2, -0.15) is 0 Å². The second-order valence-corrected chi connectivity index (χ2v) is 4.94. The Kier molecular flexibility index (Phi) is 6.29. The molecule has 0 aliphatic rings. The molecule has 2 amide bonds. The zero-order chi connectivity index (χ0) is 14.3. The lowest BCUT2D eigenvalue weighted by Gasteiger charge is -2.19. The summed E-state index contributed by atoms with van der Waals surface area (Å²) in [4.78, 5) is 24.8. The number of carbonyl (C=O) groups excluding carboxylic acids is 2. The van der Waals surface area contributed by atoms with Gasteiger partial charge in [0.25, 0.3) is 5.91 Å². The van der Waals surface area contributed by atoms with E-state index >= 15 is 0 Å². The third-order valence-electron chi connectivity index (χ3n) is 2.55. The molecule has 1 N–H and O–H groups in total. The topological polar surface area (TPSA) is 49.4 Å². The molecule has 0 aliphatic carbocycles. The molecule has 102 valence electrons. The number of hydrogen-bond donors (Lipinski definition) is 1. The van der Waals surface area contributed by atoms with Crippen molar-refractivity contribution in [2.75, 3.05) is 19.6 Å². The molecule has 0 spiro atoms. The fraction of sp³-hybridized carbons (Fsp3) is 0.286. The van der Waals surface area contributed by atoms with Gasteiger partial charge < -0.3 is 10.2 Å². The van der Waals surface area contributed by atoms with E-state index in [9.17, 15) is 9.59 Å². The Morgan fingerprint density at radius 2 is 2.21 bits per heavy atom. The number of rotatable bonds is 6. The van der Waals surface area contributed by atoms with Gasteiger partial charge in [0.1, 0.15) is 0 Å². The molecule has 0 radical (unpaired) electrons. The smallest absolute Gasteiger partial charge is 0.251 e. The summed E-state index contributed by atoms with van der Waals surface area (Å²) in [6, 6.07) is 7.16. The molecule has 5 heteroatoms. The zero-order valence-electron chi connectivity index (χ0n) is 10.9. The van der Waals surface area contributed by atoms with Gasteiger partial charge in [0.05, 0.1) is 0 Å². The first kappa shape index (κ1) is 15.4. The standard InChI is InChI=1S/C14H17BrN2O2/c1-3-8-17(11(2)18)9-7-16-14(19)12-5-4-6-13(15)10-12/h3-6,10H,1,7-9H2,2H3,(H,16,19). The number of halogens is 1. The summed E-state index contributed by atoms with van der Waals surface area (Å²) < 4.78 is 0.858. The molecule has 0 atom stereocenters. The summed E-state index contributed by atoms with van der Waals surface area (Å²) in [5.74, 6) is -0.181. The average molecular weight is 325 g/mol. The Morgan fingerprint density at radius 1 is 1.47 bits per heavy atom. The van der Waals surface area contributed by atoms with Crippen molar-refractivity contribution in [3.63, 3.8) is 0 Å². The maximum absolute atomic E-state index is 11.9. The summed E-state index contributed by atoms with van der Waals surface area (Å²) in [6.07, 6.45) is 1.66. The normalized spacial score (nSPS) is 9.79. The zero-order valence-corrected chi connectivity index (χ0v) is 12.4. The summed E-state index contributed by atoms with van der Waals surface area (Å²) in [5.41, 5.74) is 0.590. The molecule has 19 heavy (non-hydrogen) atoms. The van der Waals surface area contributed by atoms with E-state index in [2.05, 4.69) is 27.8 Å². The Morgan fingerprint density at radius 3 is 2.79 bits per heavy atom. The number of carbonyl (C=O) groups is 2. The van der Waals surface area contributed by atoms with Crippen LogP contribution in [0.25, 0.3) is 0 Å². The highest BCUT2D eigenvalue weighted by atomic mass is 79.9. The highest BCUT2D eigenvalue weighted by Crippen LogP contribution is 2.11. The van der Waals surface area contributed by atoms with E-state index in [4.69, 9.17) is 0 Å². The Balaban J connectivity index is 2.46. The quantitative estimate of drug-likeness (QED) is 0.816. The van der Waals surface area contributed by atoms with E-state index in [0.717, 1.165) is 4.47 Å². The van der Waals surface area contributed by atoms with Crippen LogP contribution in [0, 0.1) is 0 Å². The molecule has 0 unspecified atom stereocenters. The first-order chi connectivity index (χ1) is 9.04. The van der Waals surface area contributed by atoms with Crippen LogP contribution in [0.1, 0.15) is 17.3 Å². The largest absolute Gasteiger partial charge is 0.350 e. The van der Waals surface area contributed by atoms with Gasteiger partial charge in [-0.1, -0.05) is 28.1 Å². The van der Waals surface area contributed by atoms with Crippen LogP contribution in [-0.4, -0.2) is 36.3 Å². The third kappa shape index (κ3) is 5.26. The molecule has 4 nitrogen and oxygen atoms in total. The van der Waals surface area contributed by atoms with Crippen LogP contribution in [-0.2, 0) is 4.79 Å². The van der Waals surface area contributed by atoms with Crippen molar-refractivity contribution in [1.29, 1.82) is 0 Å². The van der Waals surface area contributed by atoms with Crippen molar-refractivity contribution in [3.05, 3.63) is 47.0 Å². The predicted octanol–water partition coefficient (Wildman–Crippen LogP) is 2.21. The van der Waals surface area contributed by atoms with Crippen molar-refractivity contribution in [2.24, 2.45) is 0 Å². The number of nitrogens with zero attached hydrogens (tertiary/aromatic N) is 1. The Hall–Kier alpha value is -1.62. The predicted molar refractivity (Wildman–Crippen MR) is 78.9 cm³/mol. The first-order valence-electron chi connectivity index (χ1n) is 5.94. The van der Waals surface area contributed by atoms with E-state index in [1.165, 1.54) is 6.92 Å². The highest BCUT2D eigenvalue weighted by Gasteiger charge is 2.08. The van der Waals surface area contributed by atoms with E-state index < -0.39 is 0 Å². The molecule has 0 fully saturated rings. The van der Waals surface area contributed by atoms with Gasteiger partial charge in [0, 0.05) is 36.6 Å². The van der Waals surface area contributed by atoms with Crippen LogP contribution in [0.2, 0.25) is 0 Å². The van der Waals surface area contributed by atoms with Gasteiger partial charge >= 0.3 is 0 Å². The molecule has 0 aliphatic heterocycles. The monoisotopic (exact) mass is 324 g/mol. The molecule has 0 saturated heterocycles.